The lowest BCUT2D eigenvalue weighted by atomic mass is 10.3. The molecule has 0 aliphatic rings. The van der Waals surface area contributed by atoms with Gasteiger partial charge in [0.2, 0.25) is 0 Å². The van der Waals surface area contributed by atoms with Gasteiger partial charge in [-0.3, -0.25) is 0 Å². The SMILES string of the molecule is C[N+](CCO)(CCO)CC[N+](C)(CCO)CCO.[Cl-].[Cl-]. The minimum Gasteiger partial charge on any atom is -1.00 e. The van der Waals surface area contributed by atoms with Crippen molar-refractivity contribution in [1.29, 1.82) is 0 Å². The second-order valence-corrected chi connectivity index (χ2v) is 5.48. The maximum absolute atomic E-state index is 9.08. The van der Waals surface area contributed by atoms with Crippen LogP contribution in [0.2, 0.25) is 0 Å². The van der Waals surface area contributed by atoms with E-state index in [0.29, 0.717) is 35.1 Å². The van der Waals surface area contributed by atoms with Gasteiger partial charge in [-0.05, 0) is 0 Å². The highest BCUT2D eigenvalue weighted by Gasteiger charge is 2.27. The first kappa shape index (κ1) is 25.3. The Balaban J connectivity index is -0.00000144. The molecule has 0 aliphatic heterocycles. The Labute approximate surface area is 134 Å². The summed E-state index contributed by atoms with van der Waals surface area (Å²) in [5.74, 6) is 0. The van der Waals surface area contributed by atoms with Gasteiger partial charge in [0.25, 0.3) is 0 Å². The largest absolute Gasteiger partial charge is 1.00 e. The summed E-state index contributed by atoms with van der Waals surface area (Å²) >= 11 is 0. The Kier molecular flexibility index (Phi) is 16.5. The molecule has 126 valence electrons. The third kappa shape index (κ3) is 10.1. The van der Waals surface area contributed by atoms with Gasteiger partial charge in [-0.2, -0.15) is 0 Å². The highest BCUT2D eigenvalue weighted by atomic mass is 35.5. The Morgan fingerprint density at radius 3 is 0.850 bits per heavy atom. The summed E-state index contributed by atoms with van der Waals surface area (Å²) in [6, 6.07) is 0. The molecule has 0 spiro atoms. The molecule has 4 N–H and O–H groups in total. The molecule has 0 radical (unpaired) electrons. The van der Waals surface area contributed by atoms with E-state index in [1.54, 1.807) is 0 Å². The van der Waals surface area contributed by atoms with Crippen molar-refractivity contribution in [3.63, 3.8) is 0 Å². The third-order valence-electron chi connectivity index (χ3n) is 3.74. The first-order valence-corrected chi connectivity index (χ1v) is 6.56. The third-order valence-corrected chi connectivity index (χ3v) is 3.74. The lowest BCUT2D eigenvalue weighted by Gasteiger charge is -2.39. The molecular weight excluding hydrogens is 307 g/mol. The molecule has 8 heteroatoms. The van der Waals surface area contributed by atoms with Crippen LogP contribution in [0.5, 0.6) is 0 Å². The molecule has 0 aromatic rings. The minimum absolute atomic E-state index is 0. The van der Waals surface area contributed by atoms with Gasteiger partial charge in [0.15, 0.2) is 0 Å². The average Bonchev–Trinajstić information content (AvgIpc) is 2.28. The van der Waals surface area contributed by atoms with Crippen LogP contribution in [-0.2, 0) is 0 Å². The quantitative estimate of drug-likeness (QED) is 0.282. The van der Waals surface area contributed by atoms with Gasteiger partial charge in [0.1, 0.15) is 39.3 Å². The fourth-order valence-corrected chi connectivity index (χ4v) is 2.12. The van der Waals surface area contributed by atoms with Crippen molar-refractivity contribution in [2.24, 2.45) is 0 Å². The van der Waals surface area contributed by atoms with E-state index < -0.39 is 0 Å². The number of rotatable bonds is 11. The summed E-state index contributed by atoms with van der Waals surface area (Å²) in [7, 11) is 4.02. The number of likely N-dealkylation sites (N-methyl/N-ethyl adjacent to an activating group) is 2. The second kappa shape index (κ2) is 13.0. The van der Waals surface area contributed by atoms with E-state index in [0.717, 1.165) is 13.1 Å². The Bertz CT molecular complexity index is 190. The fraction of sp³-hybridized carbons (Fsp3) is 1.00. The average molecular weight is 337 g/mol. The first-order valence-electron chi connectivity index (χ1n) is 6.56. The Morgan fingerprint density at radius 2 is 0.700 bits per heavy atom. The smallest absolute Gasteiger partial charge is 0.128 e. The lowest BCUT2D eigenvalue weighted by Crippen LogP contribution is -3.00. The monoisotopic (exact) mass is 336 g/mol. The van der Waals surface area contributed by atoms with Crippen LogP contribution in [0.15, 0.2) is 0 Å². The summed E-state index contributed by atoms with van der Waals surface area (Å²) in [6.45, 7) is 4.44. The van der Waals surface area contributed by atoms with E-state index in [2.05, 4.69) is 0 Å². The molecule has 0 bridgehead atoms. The van der Waals surface area contributed by atoms with Crippen LogP contribution in [0.1, 0.15) is 0 Å². The Hall–Kier alpha value is 0.340. The molecule has 6 nitrogen and oxygen atoms in total. The minimum atomic E-state index is 0. The van der Waals surface area contributed by atoms with Crippen molar-refractivity contribution in [2.75, 3.05) is 79.8 Å². The number of aliphatic hydroxyl groups excluding tert-OH is 4. The normalized spacial score (nSPS) is 11.7. The van der Waals surface area contributed by atoms with E-state index in [4.69, 9.17) is 20.4 Å². The topological polar surface area (TPSA) is 80.9 Å². The zero-order valence-electron chi connectivity index (χ0n) is 12.5. The molecule has 0 heterocycles. The van der Waals surface area contributed by atoms with Crippen LogP contribution >= 0.6 is 0 Å². The molecule has 0 atom stereocenters. The predicted molar refractivity (Wildman–Crippen MR) is 69.9 cm³/mol. The number of aliphatic hydroxyl groups is 4. The highest BCUT2D eigenvalue weighted by molar-refractivity contribution is 4.44. The maximum Gasteiger partial charge on any atom is 0.128 e. The number of hydrogen-bond acceptors (Lipinski definition) is 4. The van der Waals surface area contributed by atoms with Crippen LogP contribution < -0.4 is 24.8 Å². The standard InChI is InChI=1S/C12H30N2O4.2ClH/c1-13(5-9-15,6-10-16)3-4-14(2,7-11-17)8-12-18;;/h15-18H,3-12H2,1-2H3;2*1H/q+2;;/p-2. The maximum atomic E-state index is 9.08. The van der Waals surface area contributed by atoms with Crippen molar-refractivity contribution < 1.29 is 54.2 Å². The molecule has 0 fully saturated rings. The van der Waals surface area contributed by atoms with Crippen molar-refractivity contribution in [1.82, 2.24) is 0 Å². The van der Waals surface area contributed by atoms with Crippen LogP contribution in [-0.4, -0.2) is 109 Å². The zero-order chi connectivity index (χ0) is 14.1. The molecule has 0 unspecified atom stereocenters. The van der Waals surface area contributed by atoms with Gasteiger partial charge in [-0.15, -0.1) is 0 Å². The van der Waals surface area contributed by atoms with Crippen molar-refractivity contribution in [3.05, 3.63) is 0 Å². The zero-order valence-corrected chi connectivity index (χ0v) is 14.0. The van der Waals surface area contributed by atoms with Crippen LogP contribution in [0.3, 0.4) is 0 Å². The summed E-state index contributed by atoms with van der Waals surface area (Å²) in [5, 5.41) is 36.3. The first-order chi connectivity index (χ1) is 8.45. The summed E-state index contributed by atoms with van der Waals surface area (Å²) in [6.07, 6.45) is 0. The summed E-state index contributed by atoms with van der Waals surface area (Å²) in [4.78, 5) is 0. The van der Waals surface area contributed by atoms with E-state index in [1.807, 2.05) is 14.1 Å². The molecule has 0 aromatic carbocycles. The van der Waals surface area contributed by atoms with Crippen molar-refractivity contribution in [2.45, 2.75) is 0 Å². The molecule has 0 amide bonds. The molecule has 20 heavy (non-hydrogen) atoms. The molecule has 0 saturated carbocycles. The van der Waals surface area contributed by atoms with E-state index in [-0.39, 0.29) is 51.2 Å². The van der Waals surface area contributed by atoms with Gasteiger partial charge in [0, 0.05) is 0 Å². The van der Waals surface area contributed by atoms with Crippen molar-refractivity contribution >= 4 is 0 Å². The summed E-state index contributed by atoms with van der Waals surface area (Å²) in [5.41, 5.74) is 0. The second-order valence-electron chi connectivity index (χ2n) is 5.48. The van der Waals surface area contributed by atoms with Gasteiger partial charge in [-0.25, -0.2) is 0 Å². The molecular formula is C12H30Cl2N2O4. The number of nitrogens with zero attached hydrogens (tertiary/aromatic N) is 2. The molecule has 0 saturated heterocycles. The van der Waals surface area contributed by atoms with Crippen LogP contribution in [0, 0.1) is 0 Å². The van der Waals surface area contributed by atoms with Crippen molar-refractivity contribution in [3.8, 4) is 0 Å². The Morgan fingerprint density at radius 1 is 0.500 bits per heavy atom. The number of hydrogen-bond donors (Lipinski definition) is 4. The predicted octanol–water partition coefficient (Wildman–Crippen LogP) is -8.14. The van der Waals surface area contributed by atoms with E-state index >= 15 is 0 Å². The lowest BCUT2D eigenvalue weighted by molar-refractivity contribution is -0.964. The highest BCUT2D eigenvalue weighted by Crippen LogP contribution is 2.07. The van der Waals surface area contributed by atoms with Gasteiger partial charge >= 0.3 is 0 Å². The van der Waals surface area contributed by atoms with Crippen LogP contribution in [0.4, 0.5) is 0 Å². The number of halogens is 2. The van der Waals surface area contributed by atoms with Gasteiger partial charge < -0.3 is 54.2 Å². The van der Waals surface area contributed by atoms with Gasteiger partial charge in [-0.1, -0.05) is 0 Å². The molecule has 0 rings (SSSR count). The molecule has 0 aromatic heterocycles. The number of quaternary nitrogens is 2. The molecule has 0 aliphatic carbocycles. The fourth-order valence-electron chi connectivity index (χ4n) is 2.12. The van der Waals surface area contributed by atoms with Crippen LogP contribution in [0.25, 0.3) is 0 Å². The van der Waals surface area contributed by atoms with Gasteiger partial charge in [0.05, 0.1) is 40.5 Å². The van der Waals surface area contributed by atoms with E-state index in [1.165, 1.54) is 0 Å². The van der Waals surface area contributed by atoms with E-state index in [9.17, 15) is 0 Å². The summed E-state index contributed by atoms with van der Waals surface area (Å²) < 4.78 is 1.22.